The Morgan fingerprint density at radius 1 is 1.30 bits per heavy atom. The van der Waals surface area contributed by atoms with Crippen molar-refractivity contribution in [3.63, 3.8) is 0 Å². The molecule has 2 heterocycles. The van der Waals surface area contributed by atoms with Crippen LogP contribution in [-0.2, 0) is 12.3 Å². The minimum absolute atomic E-state index is 0.635. The predicted octanol–water partition coefficient (Wildman–Crippen LogP) is 4.72. The largest absolute Gasteiger partial charge is 0.240 e. The molecule has 0 aliphatic heterocycles. The number of rotatable bonds is 5. The van der Waals surface area contributed by atoms with Crippen molar-refractivity contribution in [3.8, 4) is 10.7 Å². The van der Waals surface area contributed by atoms with E-state index in [4.69, 9.17) is 23.2 Å². The molecular weight excluding hydrogens is 373 g/mol. The summed E-state index contributed by atoms with van der Waals surface area (Å²) < 4.78 is 5.82. The highest BCUT2D eigenvalue weighted by Gasteiger charge is 2.16. The van der Waals surface area contributed by atoms with Crippen LogP contribution in [0.2, 0.25) is 10.0 Å². The molecule has 0 saturated heterocycles. The minimum Gasteiger partial charge on any atom is -0.240 e. The predicted molar refractivity (Wildman–Crippen MR) is 95.4 cm³/mol. The number of benzene rings is 1. The van der Waals surface area contributed by atoms with Gasteiger partial charge < -0.3 is 0 Å². The zero-order valence-electron chi connectivity index (χ0n) is 12.5. The van der Waals surface area contributed by atoms with Crippen molar-refractivity contribution in [2.75, 3.05) is 0 Å². The van der Waals surface area contributed by atoms with Gasteiger partial charge in [-0.25, -0.2) is 4.68 Å². The number of thioether (sulfide) groups is 1. The Kier molecular flexibility index (Phi) is 5.21. The van der Waals surface area contributed by atoms with Gasteiger partial charge in [0.05, 0.1) is 5.69 Å². The maximum absolute atomic E-state index is 6.22. The van der Waals surface area contributed by atoms with E-state index < -0.39 is 0 Å². The minimum atomic E-state index is 0.635. The molecule has 3 aromatic rings. The summed E-state index contributed by atoms with van der Waals surface area (Å²) in [5, 5.41) is 10.7. The topological polar surface area (TPSA) is 56.5 Å². The molecule has 0 aliphatic rings. The average Bonchev–Trinajstić information content (AvgIpc) is 3.12. The maximum Gasteiger partial charge on any atom is 0.195 e. The summed E-state index contributed by atoms with van der Waals surface area (Å²) in [6.07, 6.45) is 0. The molecule has 23 heavy (non-hydrogen) atoms. The summed E-state index contributed by atoms with van der Waals surface area (Å²) in [5.74, 6) is 1.37. The summed E-state index contributed by atoms with van der Waals surface area (Å²) in [6.45, 7) is 4.69. The Morgan fingerprint density at radius 3 is 2.78 bits per heavy atom. The molecule has 1 aromatic carbocycles. The summed E-state index contributed by atoms with van der Waals surface area (Å²) in [6, 6.07) is 5.52. The zero-order valence-corrected chi connectivity index (χ0v) is 15.6. The van der Waals surface area contributed by atoms with Crippen LogP contribution in [0.3, 0.4) is 0 Å². The lowest BCUT2D eigenvalue weighted by molar-refractivity contribution is 0.596. The van der Waals surface area contributed by atoms with Crippen molar-refractivity contribution in [2.45, 2.75) is 31.3 Å². The lowest BCUT2D eigenvalue weighted by Gasteiger charge is -2.05. The van der Waals surface area contributed by atoms with E-state index in [2.05, 4.69) is 19.7 Å². The van der Waals surface area contributed by atoms with Crippen molar-refractivity contribution in [1.29, 1.82) is 0 Å². The Hall–Kier alpha value is -1.15. The molecule has 0 bridgehead atoms. The first-order chi connectivity index (χ1) is 11.1. The second-order valence-electron chi connectivity index (χ2n) is 4.75. The Balaban J connectivity index is 1.82. The second kappa shape index (κ2) is 7.17. The van der Waals surface area contributed by atoms with Crippen LogP contribution < -0.4 is 0 Å². The van der Waals surface area contributed by atoms with E-state index in [1.165, 1.54) is 11.5 Å². The first kappa shape index (κ1) is 16.7. The molecule has 0 radical (unpaired) electrons. The van der Waals surface area contributed by atoms with Gasteiger partial charge in [-0.1, -0.05) is 45.5 Å². The van der Waals surface area contributed by atoms with Crippen LogP contribution in [0.5, 0.6) is 0 Å². The molecular formula is C14H13Cl2N5S2. The normalized spacial score (nSPS) is 11.1. The van der Waals surface area contributed by atoms with E-state index in [0.717, 1.165) is 27.8 Å². The van der Waals surface area contributed by atoms with Crippen molar-refractivity contribution in [3.05, 3.63) is 39.5 Å². The molecule has 2 aromatic heterocycles. The first-order valence-corrected chi connectivity index (χ1v) is 9.41. The van der Waals surface area contributed by atoms with Crippen LogP contribution in [0.15, 0.2) is 23.4 Å². The van der Waals surface area contributed by atoms with Gasteiger partial charge >= 0.3 is 0 Å². The van der Waals surface area contributed by atoms with Gasteiger partial charge in [0.1, 0.15) is 4.88 Å². The summed E-state index contributed by atoms with van der Waals surface area (Å²) in [5.41, 5.74) is 1.87. The smallest absolute Gasteiger partial charge is 0.195 e. The van der Waals surface area contributed by atoms with Gasteiger partial charge in [0, 0.05) is 22.3 Å². The van der Waals surface area contributed by atoms with E-state index in [0.29, 0.717) is 21.6 Å². The Morgan fingerprint density at radius 2 is 2.13 bits per heavy atom. The lowest BCUT2D eigenvalue weighted by atomic mass is 10.2. The van der Waals surface area contributed by atoms with Crippen LogP contribution in [0.4, 0.5) is 0 Å². The van der Waals surface area contributed by atoms with Gasteiger partial charge in [0.2, 0.25) is 0 Å². The van der Waals surface area contributed by atoms with Crippen LogP contribution in [-0.4, -0.2) is 24.4 Å². The third-order valence-corrected chi connectivity index (χ3v) is 5.59. The zero-order chi connectivity index (χ0) is 16.4. The number of hydrogen-bond acceptors (Lipinski definition) is 6. The molecule has 0 N–H and O–H groups in total. The molecule has 0 saturated carbocycles. The standard InChI is InChI=1S/C14H13Cl2N5S2/c1-3-21-14(17-13(19-21)12-8(2)18-20-23-12)22-7-9-4-5-10(15)6-11(9)16/h4-6H,3,7H2,1-2H3. The SMILES string of the molecule is CCn1nc(-c2snnc2C)nc1SCc1ccc(Cl)cc1Cl. The van der Waals surface area contributed by atoms with E-state index >= 15 is 0 Å². The third kappa shape index (κ3) is 3.68. The molecule has 9 heteroatoms. The number of aryl methyl sites for hydroxylation is 2. The van der Waals surface area contributed by atoms with Gasteiger partial charge in [-0.2, -0.15) is 4.98 Å². The van der Waals surface area contributed by atoms with Crippen LogP contribution in [0.1, 0.15) is 18.2 Å². The van der Waals surface area contributed by atoms with Crippen molar-refractivity contribution in [2.24, 2.45) is 0 Å². The van der Waals surface area contributed by atoms with Gasteiger partial charge in [0.25, 0.3) is 0 Å². The molecule has 0 fully saturated rings. The summed E-state index contributed by atoms with van der Waals surface area (Å²) in [7, 11) is 0. The molecule has 5 nitrogen and oxygen atoms in total. The van der Waals surface area contributed by atoms with E-state index in [-0.39, 0.29) is 0 Å². The van der Waals surface area contributed by atoms with Gasteiger partial charge in [-0.15, -0.1) is 10.2 Å². The van der Waals surface area contributed by atoms with E-state index in [1.807, 2.05) is 30.7 Å². The molecule has 0 atom stereocenters. The second-order valence-corrected chi connectivity index (χ2v) is 7.29. The fourth-order valence-corrected chi connectivity index (χ4v) is 4.10. The fourth-order valence-electron chi connectivity index (χ4n) is 1.95. The Labute approximate surface area is 152 Å². The van der Waals surface area contributed by atoms with Crippen molar-refractivity contribution < 1.29 is 0 Å². The Bertz CT molecular complexity index is 830. The summed E-state index contributed by atoms with van der Waals surface area (Å²) >= 11 is 15.1. The fraction of sp³-hybridized carbons (Fsp3) is 0.286. The third-order valence-electron chi connectivity index (χ3n) is 3.16. The quantitative estimate of drug-likeness (QED) is 0.594. The van der Waals surface area contributed by atoms with Crippen molar-refractivity contribution in [1.82, 2.24) is 24.4 Å². The summed E-state index contributed by atoms with van der Waals surface area (Å²) in [4.78, 5) is 5.53. The lowest BCUT2D eigenvalue weighted by Crippen LogP contribution is -1.99. The highest BCUT2D eigenvalue weighted by Crippen LogP contribution is 2.30. The van der Waals surface area contributed by atoms with Crippen LogP contribution in [0, 0.1) is 6.92 Å². The number of nitrogens with zero attached hydrogens (tertiary/aromatic N) is 5. The highest BCUT2D eigenvalue weighted by molar-refractivity contribution is 7.98. The van der Waals surface area contributed by atoms with Crippen molar-refractivity contribution >= 4 is 46.5 Å². The maximum atomic E-state index is 6.22. The van der Waals surface area contributed by atoms with Gasteiger partial charge in [-0.05, 0) is 43.1 Å². The van der Waals surface area contributed by atoms with Gasteiger partial charge in [0.15, 0.2) is 11.0 Å². The van der Waals surface area contributed by atoms with Gasteiger partial charge in [-0.3, -0.25) is 0 Å². The molecule has 0 unspecified atom stereocenters. The van der Waals surface area contributed by atoms with Crippen LogP contribution >= 0.6 is 46.5 Å². The molecule has 120 valence electrons. The van der Waals surface area contributed by atoms with E-state index in [1.54, 1.807) is 17.8 Å². The molecule has 0 spiro atoms. The molecule has 0 aliphatic carbocycles. The monoisotopic (exact) mass is 385 g/mol. The molecule has 3 rings (SSSR count). The molecule has 0 amide bonds. The van der Waals surface area contributed by atoms with E-state index in [9.17, 15) is 0 Å². The highest BCUT2D eigenvalue weighted by atomic mass is 35.5. The average molecular weight is 386 g/mol. The van der Waals surface area contributed by atoms with Crippen LogP contribution in [0.25, 0.3) is 10.7 Å². The number of halogens is 2. The first-order valence-electron chi connectivity index (χ1n) is 6.89. The number of aromatic nitrogens is 5. The number of hydrogen-bond donors (Lipinski definition) is 0.